The maximum Gasteiger partial charge on any atom is 0.111 e. The molecule has 1 aliphatic heterocycles. The Bertz CT molecular complexity index is 415. The van der Waals surface area contributed by atoms with E-state index in [0.717, 1.165) is 19.3 Å². The molecule has 184 valence electrons. The Hall–Kier alpha value is -0.460. The lowest BCUT2D eigenvalue weighted by Gasteiger charge is -2.36. The molecule has 0 radical (unpaired) electrons. The van der Waals surface area contributed by atoms with Gasteiger partial charge in [-0.25, -0.2) is 0 Å². The quantitative estimate of drug-likeness (QED) is 0.176. The first-order chi connectivity index (χ1) is 15.2. The normalized spacial score (nSPS) is 24.3. The summed E-state index contributed by atoms with van der Waals surface area (Å²) in [4.78, 5) is 0. The first-order valence-electron chi connectivity index (χ1n) is 13.1. The molecule has 0 aromatic rings. The first-order valence-corrected chi connectivity index (χ1v) is 13.1. The van der Waals surface area contributed by atoms with Gasteiger partial charge in [-0.3, -0.25) is 0 Å². The third-order valence-corrected chi connectivity index (χ3v) is 6.27. The zero-order chi connectivity index (χ0) is 22.6. The Morgan fingerprint density at radius 1 is 0.742 bits per heavy atom. The Kier molecular flexibility index (Phi) is 18.6. The second-order valence-electron chi connectivity index (χ2n) is 9.06. The molecule has 0 saturated carbocycles. The molecular weight excluding hydrogens is 392 g/mol. The van der Waals surface area contributed by atoms with E-state index in [1.165, 1.54) is 83.5 Å². The summed E-state index contributed by atoms with van der Waals surface area (Å²) in [6, 6.07) is 0. The van der Waals surface area contributed by atoms with Gasteiger partial charge in [0.05, 0.1) is 13.2 Å². The molecule has 0 aromatic carbocycles. The van der Waals surface area contributed by atoms with Gasteiger partial charge < -0.3 is 24.8 Å². The van der Waals surface area contributed by atoms with Crippen LogP contribution < -0.4 is 0 Å². The molecule has 0 bridgehead atoms. The third-order valence-electron chi connectivity index (χ3n) is 6.27. The predicted molar refractivity (Wildman–Crippen MR) is 127 cm³/mol. The van der Waals surface area contributed by atoms with Gasteiger partial charge in [-0.05, 0) is 25.7 Å². The van der Waals surface area contributed by atoms with Crippen LogP contribution in [0, 0.1) is 0 Å². The summed E-state index contributed by atoms with van der Waals surface area (Å²) >= 11 is 0. The molecule has 3 N–H and O–H groups in total. The van der Waals surface area contributed by atoms with Gasteiger partial charge in [0.25, 0.3) is 0 Å². The highest BCUT2D eigenvalue weighted by atomic mass is 16.6. The third kappa shape index (κ3) is 14.3. The molecule has 0 spiro atoms. The second kappa shape index (κ2) is 20.2. The molecule has 1 heterocycles. The van der Waals surface area contributed by atoms with Crippen molar-refractivity contribution in [2.75, 3.05) is 19.8 Å². The molecule has 0 amide bonds. The summed E-state index contributed by atoms with van der Waals surface area (Å²) in [6.07, 6.45) is 22.2. The topological polar surface area (TPSA) is 79.2 Å². The summed E-state index contributed by atoms with van der Waals surface area (Å²) in [5, 5.41) is 28.9. The molecule has 1 aliphatic rings. The Morgan fingerprint density at radius 3 is 1.77 bits per heavy atom. The van der Waals surface area contributed by atoms with Crippen LogP contribution in [0.2, 0.25) is 0 Å². The van der Waals surface area contributed by atoms with Gasteiger partial charge in [0.15, 0.2) is 0 Å². The van der Waals surface area contributed by atoms with Gasteiger partial charge in [-0.1, -0.05) is 96.1 Å². The molecule has 1 rings (SSSR count). The molecule has 0 unspecified atom stereocenters. The van der Waals surface area contributed by atoms with Crippen molar-refractivity contribution in [3.8, 4) is 0 Å². The van der Waals surface area contributed by atoms with Crippen molar-refractivity contribution < 1.29 is 24.8 Å². The van der Waals surface area contributed by atoms with Gasteiger partial charge in [0, 0.05) is 6.61 Å². The van der Waals surface area contributed by atoms with Gasteiger partial charge in [0.1, 0.15) is 24.4 Å². The Morgan fingerprint density at radius 2 is 1.26 bits per heavy atom. The van der Waals surface area contributed by atoms with Crippen molar-refractivity contribution >= 4 is 0 Å². The van der Waals surface area contributed by atoms with Crippen molar-refractivity contribution in [2.24, 2.45) is 0 Å². The highest BCUT2D eigenvalue weighted by Crippen LogP contribution is 2.18. The van der Waals surface area contributed by atoms with Crippen molar-refractivity contribution in [3.63, 3.8) is 0 Å². The highest BCUT2D eigenvalue weighted by Gasteiger charge is 2.38. The van der Waals surface area contributed by atoms with Gasteiger partial charge in [0.2, 0.25) is 0 Å². The number of allylic oxidation sites excluding steroid dienone is 2. The highest BCUT2D eigenvalue weighted by molar-refractivity contribution is 4.87. The number of unbranched alkanes of at least 4 members (excludes halogenated alkanes) is 14. The zero-order valence-electron chi connectivity index (χ0n) is 20.1. The van der Waals surface area contributed by atoms with Crippen molar-refractivity contribution in [1.29, 1.82) is 0 Å². The van der Waals surface area contributed by atoms with Crippen LogP contribution in [0.3, 0.4) is 0 Å². The summed E-state index contributed by atoms with van der Waals surface area (Å²) < 4.78 is 11.0. The standard InChI is InChI=1S/C26H50O5/c1-2-3-4-5-6-7-8-9-10-11-12-13-14-15-16-17-18-19-20-30-24-22-31-23(21-27)25(28)26(24)29/h3-4,23-29H,2,5-22H2,1H3/b4-3+/t23-,24+,25-,26-/m1/s1. The van der Waals surface area contributed by atoms with E-state index in [1.807, 2.05) is 0 Å². The van der Waals surface area contributed by atoms with Crippen molar-refractivity contribution in [1.82, 2.24) is 0 Å². The van der Waals surface area contributed by atoms with Crippen LogP contribution in [0.15, 0.2) is 12.2 Å². The lowest BCUT2D eigenvalue weighted by Crippen LogP contribution is -2.55. The van der Waals surface area contributed by atoms with Crippen LogP contribution in [-0.2, 0) is 9.47 Å². The average molecular weight is 443 g/mol. The van der Waals surface area contributed by atoms with E-state index in [-0.39, 0.29) is 13.2 Å². The van der Waals surface area contributed by atoms with Crippen LogP contribution in [0.5, 0.6) is 0 Å². The van der Waals surface area contributed by atoms with E-state index < -0.39 is 24.4 Å². The number of rotatable bonds is 20. The zero-order valence-corrected chi connectivity index (χ0v) is 20.1. The van der Waals surface area contributed by atoms with Crippen molar-refractivity contribution in [3.05, 3.63) is 12.2 Å². The van der Waals surface area contributed by atoms with Crippen LogP contribution in [0.1, 0.15) is 110 Å². The monoisotopic (exact) mass is 442 g/mol. The molecule has 0 aromatic heterocycles. The molecule has 5 heteroatoms. The SMILES string of the molecule is CC/C=C/CCCCCCCCCCCCCCCCO[C@H]1CO[C@H](CO)[C@@H](O)[C@@H]1O. The summed E-state index contributed by atoms with van der Waals surface area (Å²) in [5.74, 6) is 0. The minimum absolute atomic E-state index is 0.222. The molecule has 1 saturated heterocycles. The van der Waals surface area contributed by atoms with Crippen LogP contribution in [0.4, 0.5) is 0 Å². The number of hydrogen-bond acceptors (Lipinski definition) is 5. The summed E-state index contributed by atoms with van der Waals surface area (Å²) in [7, 11) is 0. The molecule has 31 heavy (non-hydrogen) atoms. The second-order valence-corrected chi connectivity index (χ2v) is 9.06. The van der Waals surface area contributed by atoms with Crippen LogP contribution >= 0.6 is 0 Å². The fourth-order valence-corrected chi connectivity index (χ4v) is 4.17. The van der Waals surface area contributed by atoms with Crippen LogP contribution in [0.25, 0.3) is 0 Å². The van der Waals surface area contributed by atoms with E-state index in [1.54, 1.807) is 0 Å². The predicted octanol–water partition coefficient (Wildman–Crippen LogP) is 5.30. The van der Waals surface area contributed by atoms with E-state index in [0.29, 0.717) is 6.61 Å². The fraction of sp³-hybridized carbons (Fsp3) is 0.923. The number of aliphatic hydroxyl groups is 3. The smallest absolute Gasteiger partial charge is 0.111 e. The van der Waals surface area contributed by atoms with Crippen molar-refractivity contribution in [2.45, 2.75) is 134 Å². The van der Waals surface area contributed by atoms with Gasteiger partial charge >= 0.3 is 0 Å². The number of ether oxygens (including phenoxy) is 2. The Balaban J connectivity index is 1.78. The molecule has 5 nitrogen and oxygen atoms in total. The molecule has 0 aliphatic carbocycles. The maximum absolute atomic E-state index is 10.0. The van der Waals surface area contributed by atoms with E-state index in [4.69, 9.17) is 14.6 Å². The fourth-order valence-electron chi connectivity index (χ4n) is 4.17. The largest absolute Gasteiger partial charge is 0.394 e. The van der Waals surface area contributed by atoms with Gasteiger partial charge in [-0.2, -0.15) is 0 Å². The van der Waals surface area contributed by atoms with Crippen LogP contribution in [-0.4, -0.2) is 59.6 Å². The van der Waals surface area contributed by atoms with E-state index >= 15 is 0 Å². The summed E-state index contributed by atoms with van der Waals surface area (Å²) in [6.45, 7) is 2.71. The molecular formula is C26H50O5. The van der Waals surface area contributed by atoms with Gasteiger partial charge in [-0.15, -0.1) is 0 Å². The number of hydrogen-bond donors (Lipinski definition) is 3. The summed E-state index contributed by atoms with van der Waals surface area (Å²) in [5.41, 5.74) is 0. The minimum Gasteiger partial charge on any atom is -0.394 e. The maximum atomic E-state index is 10.0. The lowest BCUT2D eigenvalue weighted by atomic mass is 10.0. The van der Waals surface area contributed by atoms with E-state index in [9.17, 15) is 10.2 Å². The Labute approximate surface area is 191 Å². The molecule has 4 atom stereocenters. The molecule has 1 fully saturated rings. The lowest BCUT2D eigenvalue weighted by molar-refractivity contribution is -0.208. The minimum atomic E-state index is -1.08. The average Bonchev–Trinajstić information content (AvgIpc) is 2.78. The van der Waals surface area contributed by atoms with E-state index in [2.05, 4.69) is 19.1 Å². The number of aliphatic hydroxyl groups excluding tert-OH is 3. The first kappa shape index (κ1) is 28.6.